The molecule has 1 unspecified atom stereocenters. The van der Waals surface area contributed by atoms with Gasteiger partial charge in [0.15, 0.2) is 0 Å². The van der Waals surface area contributed by atoms with Crippen LogP contribution in [0.4, 0.5) is 17.3 Å². The highest BCUT2D eigenvalue weighted by Crippen LogP contribution is 2.36. The van der Waals surface area contributed by atoms with E-state index < -0.39 is 5.97 Å². The Morgan fingerprint density at radius 3 is 2.41 bits per heavy atom. The standard InChI is InChI=1S/C22H20N4O3/c1-14-11-16-5-3-4-6-19(16)26(14)22-23-12-17(13-24-22)20(27)25-18-9-7-15(8-10-18)21(28)29-2/h3-10,12-14H,11H2,1-2H3,(H,25,27). The maximum Gasteiger partial charge on any atom is 0.337 e. The molecule has 1 atom stereocenters. The van der Waals surface area contributed by atoms with E-state index in [0.717, 1.165) is 12.1 Å². The van der Waals surface area contributed by atoms with Gasteiger partial charge in [-0.3, -0.25) is 4.79 Å². The number of carbonyl (C=O) groups is 2. The number of carbonyl (C=O) groups excluding carboxylic acids is 2. The van der Waals surface area contributed by atoms with Gasteiger partial charge < -0.3 is 15.0 Å². The fourth-order valence-electron chi connectivity index (χ4n) is 3.44. The van der Waals surface area contributed by atoms with Crippen LogP contribution < -0.4 is 10.2 Å². The minimum Gasteiger partial charge on any atom is -0.465 e. The highest BCUT2D eigenvalue weighted by molar-refractivity contribution is 6.04. The third-order valence-corrected chi connectivity index (χ3v) is 4.89. The van der Waals surface area contributed by atoms with Crippen molar-refractivity contribution in [1.82, 2.24) is 9.97 Å². The molecular weight excluding hydrogens is 368 g/mol. The molecule has 0 saturated heterocycles. The molecule has 1 aliphatic rings. The van der Waals surface area contributed by atoms with Crippen molar-refractivity contribution in [1.29, 1.82) is 0 Å². The zero-order chi connectivity index (χ0) is 20.4. The van der Waals surface area contributed by atoms with E-state index in [1.807, 2.05) is 12.1 Å². The second-order valence-electron chi connectivity index (χ2n) is 6.85. The van der Waals surface area contributed by atoms with Gasteiger partial charge in [-0.15, -0.1) is 0 Å². The molecule has 0 fully saturated rings. The van der Waals surface area contributed by atoms with Crippen molar-refractivity contribution in [3.8, 4) is 0 Å². The number of amides is 1. The molecule has 1 aliphatic heterocycles. The second kappa shape index (κ2) is 7.71. The van der Waals surface area contributed by atoms with Crippen molar-refractivity contribution in [2.24, 2.45) is 0 Å². The lowest BCUT2D eigenvalue weighted by Gasteiger charge is -2.22. The maximum absolute atomic E-state index is 12.5. The quantitative estimate of drug-likeness (QED) is 0.688. The Balaban J connectivity index is 1.48. The molecule has 0 aliphatic carbocycles. The zero-order valence-electron chi connectivity index (χ0n) is 16.1. The van der Waals surface area contributed by atoms with E-state index in [9.17, 15) is 9.59 Å². The normalized spacial score (nSPS) is 15.0. The second-order valence-corrected chi connectivity index (χ2v) is 6.85. The summed E-state index contributed by atoms with van der Waals surface area (Å²) >= 11 is 0. The van der Waals surface area contributed by atoms with Crippen LogP contribution in [0.15, 0.2) is 60.9 Å². The summed E-state index contributed by atoms with van der Waals surface area (Å²) in [6.45, 7) is 2.13. The van der Waals surface area contributed by atoms with Crippen LogP contribution in [0, 0.1) is 0 Å². The van der Waals surface area contributed by atoms with Crippen LogP contribution in [-0.2, 0) is 11.2 Å². The molecule has 1 aromatic heterocycles. The van der Waals surface area contributed by atoms with E-state index in [2.05, 4.69) is 44.0 Å². The van der Waals surface area contributed by atoms with Gasteiger partial charge in [-0.1, -0.05) is 18.2 Å². The largest absolute Gasteiger partial charge is 0.465 e. The Morgan fingerprint density at radius 2 is 1.72 bits per heavy atom. The SMILES string of the molecule is COC(=O)c1ccc(NC(=O)c2cnc(N3c4ccccc4CC3C)nc2)cc1. The first-order chi connectivity index (χ1) is 14.1. The van der Waals surface area contributed by atoms with Crippen molar-refractivity contribution in [2.45, 2.75) is 19.4 Å². The van der Waals surface area contributed by atoms with Gasteiger partial charge in [0, 0.05) is 29.8 Å². The van der Waals surface area contributed by atoms with Crippen LogP contribution >= 0.6 is 0 Å². The van der Waals surface area contributed by atoms with E-state index in [1.165, 1.54) is 25.1 Å². The molecule has 1 N–H and O–H groups in total. The molecule has 7 nitrogen and oxygen atoms in total. The monoisotopic (exact) mass is 388 g/mol. The summed E-state index contributed by atoms with van der Waals surface area (Å²) in [5.74, 6) is -0.178. The maximum atomic E-state index is 12.5. The fraction of sp³-hybridized carbons (Fsp3) is 0.182. The lowest BCUT2D eigenvalue weighted by atomic mass is 10.1. The van der Waals surface area contributed by atoms with Crippen LogP contribution in [0.2, 0.25) is 0 Å². The zero-order valence-corrected chi connectivity index (χ0v) is 16.1. The number of benzene rings is 2. The summed E-state index contributed by atoms with van der Waals surface area (Å²) < 4.78 is 4.66. The Bertz CT molecular complexity index is 1050. The number of hydrogen-bond acceptors (Lipinski definition) is 6. The molecule has 1 amide bonds. The predicted octanol–water partition coefficient (Wildman–Crippen LogP) is 3.60. The number of ether oxygens (including phenoxy) is 1. The minimum absolute atomic E-state index is 0.250. The van der Waals surface area contributed by atoms with Crippen molar-refractivity contribution in [3.63, 3.8) is 0 Å². The molecule has 0 bridgehead atoms. The molecule has 29 heavy (non-hydrogen) atoms. The minimum atomic E-state index is -0.426. The van der Waals surface area contributed by atoms with E-state index in [4.69, 9.17) is 0 Å². The van der Waals surface area contributed by atoms with Gasteiger partial charge in [0.1, 0.15) is 0 Å². The van der Waals surface area contributed by atoms with E-state index in [0.29, 0.717) is 22.8 Å². The summed E-state index contributed by atoms with van der Waals surface area (Å²) in [5.41, 5.74) is 3.70. The van der Waals surface area contributed by atoms with Crippen LogP contribution in [0.5, 0.6) is 0 Å². The number of rotatable bonds is 4. The van der Waals surface area contributed by atoms with Crippen molar-refractivity contribution in [2.75, 3.05) is 17.3 Å². The Hall–Kier alpha value is -3.74. The van der Waals surface area contributed by atoms with Crippen molar-refractivity contribution in [3.05, 3.63) is 77.6 Å². The number of esters is 1. The summed E-state index contributed by atoms with van der Waals surface area (Å²) in [6, 6.07) is 14.9. The van der Waals surface area contributed by atoms with Gasteiger partial charge in [-0.25, -0.2) is 14.8 Å². The van der Waals surface area contributed by atoms with Crippen LogP contribution in [0.3, 0.4) is 0 Å². The topological polar surface area (TPSA) is 84.4 Å². The molecule has 0 radical (unpaired) electrons. The molecule has 2 heterocycles. The number of hydrogen-bond donors (Lipinski definition) is 1. The first-order valence-electron chi connectivity index (χ1n) is 9.25. The van der Waals surface area contributed by atoms with E-state index in [1.54, 1.807) is 24.3 Å². The Labute approximate surface area is 168 Å². The number of methoxy groups -OCH3 is 1. The fourth-order valence-corrected chi connectivity index (χ4v) is 3.44. The van der Waals surface area contributed by atoms with Gasteiger partial charge in [0.05, 0.1) is 18.2 Å². The molecule has 0 spiro atoms. The van der Waals surface area contributed by atoms with Gasteiger partial charge in [0.2, 0.25) is 5.95 Å². The number of anilines is 3. The van der Waals surface area contributed by atoms with E-state index >= 15 is 0 Å². The Kier molecular flexibility index (Phi) is 4.95. The Morgan fingerprint density at radius 1 is 1.03 bits per heavy atom. The first kappa shape index (κ1) is 18.6. The van der Waals surface area contributed by atoms with Crippen molar-refractivity contribution < 1.29 is 14.3 Å². The number of aromatic nitrogens is 2. The third kappa shape index (κ3) is 3.67. The highest BCUT2D eigenvalue weighted by atomic mass is 16.5. The van der Waals surface area contributed by atoms with E-state index in [-0.39, 0.29) is 11.9 Å². The lowest BCUT2D eigenvalue weighted by Crippen LogP contribution is -2.26. The van der Waals surface area contributed by atoms with Crippen molar-refractivity contribution >= 4 is 29.2 Å². The molecule has 146 valence electrons. The summed E-state index contributed by atoms with van der Waals surface area (Å²) in [4.78, 5) is 34.9. The van der Waals surface area contributed by atoms with Crippen LogP contribution in [0.1, 0.15) is 33.2 Å². The number of nitrogens with zero attached hydrogens (tertiary/aromatic N) is 3. The van der Waals surface area contributed by atoms with Gasteiger partial charge >= 0.3 is 5.97 Å². The average Bonchev–Trinajstić information content (AvgIpc) is 3.09. The van der Waals surface area contributed by atoms with Gasteiger partial charge in [-0.05, 0) is 49.2 Å². The molecule has 4 rings (SSSR count). The summed E-state index contributed by atoms with van der Waals surface area (Å²) in [6.07, 6.45) is 3.98. The first-order valence-corrected chi connectivity index (χ1v) is 9.25. The van der Waals surface area contributed by atoms with Gasteiger partial charge in [0.25, 0.3) is 5.91 Å². The summed E-state index contributed by atoms with van der Waals surface area (Å²) in [7, 11) is 1.32. The molecule has 0 saturated carbocycles. The number of fused-ring (bicyclic) bond motifs is 1. The van der Waals surface area contributed by atoms with Crippen LogP contribution in [0.25, 0.3) is 0 Å². The third-order valence-electron chi connectivity index (χ3n) is 4.89. The summed E-state index contributed by atoms with van der Waals surface area (Å²) in [5, 5.41) is 2.77. The average molecular weight is 388 g/mol. The highest BCUT2D eigenvalue weighted by Gasteiger charge is 2.28. The van der Waals surface area contributed by atoms with Gasteiger partial charge in [-0.2, -0.15) is 0 Å². The smallest absolute Gasteiger partial charge is 0.337 e. The number of nitrogens with one attached hydrogen (secondary N) is 1. The lowest BCUT2D eigenvalue weighted by molar-refractivity contribution is 0.0600. The molecule has 2 aromatic carbocycles. The molecule has 3 aromatic rings. The number of para-hydroxylation sites is 1. The van der Waals surface area contributed by atoms with Crippen LogP contribution in [-0.4, -0.2) is 35.0 Å². The molecular formula is C22H20N4O3. The predicted molar refractivity (Wildman–Crippen MR) is 110 cm³/mol. The molecule has 7 heteroatoms.